The lowest BCUT2D eigenvalue weighted by atomic mass is 9.81. The van der Waals surface area contributed by atoms with Crippen LogP contribution in [0.4, 0.5) is 0 Å². The number of benzene rings is 6. The minimum Gasteiger partial charge on any atom is -0.0622 e. The zero-order valence-electron chi connectivity index (χ0n) is 19.3. The highest BCUT2D eigenvalue weighted by Crippen LogP contribution is 2.47. The molecule has 0 spiro atoms. The van der Waals surface area contributed by atoms with Crippen LogP contribution in [0.5, 0.6) is 0 Å². The molecule has 0 nitrogen and oxygen atoms in total. The Bertz CT molecular complexity index is 1660. The van der Waals surface area contributed by atoms with Crippen molar-refractivity contribution in [1.82, 2.24) is 0 Å². The monoisotopic (exact) mass is 422 g/mol. The summed E-state index contributed by atoms with van der Waals surface area (Å²) in [5.74, 6) is 0. The largest absolute Gasteiger partial charge is 0.0622 e. The average molecular weight is 423 g/mol. The third kappa shape index (κ3) is 3.06. The van der Waals surface area contributed by atoms with E-state index in [4.69, 9.17) is 0 Å². The Balaban J connectivity index is 1.96. The standard InChI is InChI=1S/C33H26/c1-21-18-30-31(23(3)22(21)2)28-19-26-16-10-11-17-27(26)20-29(28)32(24-12-6-4-7-13-24)33(30)25-14-8-5-9-15-25/h4-20H,1-3H3. The van der Waals surface area contributed by atoms with Crippen LogP contribution in [0.1, 0.15) is 16.7 Å². The molecular weight excluding hydrogens is 396 g/mol. The van der Waals surface area contributed by atoms with Gasteiger partial charge in [-0.25, -0.2) is 0 Å². The quantitative estimate of drug-likeness (QED) is 0.192. The van der Waals surface area contributed by atoms with Crippen molar-refractivity contribution >= 4 is 32.3 Å². The van der Waals surface area contributed by atoms with Gasteiger partial charge in [0.1, 0.15) is 0 Å². The molecule has 6 aromatic carbocycles. The predicted molar refractivity (Wildman–Crippen MR) is 144 cm³/mol. The molecule has 0 aliphatic rings. The van der Waals surface area contributed by atoms with Crippen LogP contribution < -0.4 is 0 Å². The first-order valence-corrected chi connectivity index (χ1v) is 11.6. The zero-order chi connectivity index (χ0) is 22.5. The van der Waals surface area contributed by atoms with Crippen molar-refractivity contribution in [1.29, 1.82) is 0 Å². The van der Waals surface area contributed by atoms with Crippen molar-refractivity contribution in [2.24, 2.45) is 0 Å². The maximum absolute atomic E-state index is 2.40. The molecule has 158 valence electrons. The van der Waals surface area contributed by atoms with Gasteiger partial charge < -0.3 is 0 Å². The van der Waals surface area contributed by atoms with Gasteiger partial charge in [-0.3, -0.25) is 0 Å². The first-order valence-electron chi connectivity index (χ1n) is 11.6. The first kappa shape index (κ1) is 19.8. The molecule has 0 N–H and O–H groups in total. The lowest BCUT2D eigenvalue weighted by Gasteiger charge is -2.22. The summed E-state index contributed by atoms with van der Waals surface area (Å²) >= 11 is 0. The van der Waals surface area contributed by atoms with Gasteiger partial charge in [-0.2, -0.15) is 0 Å². The molecule has 0 aliphatic carbocycles. The van der Waals surface area contributed by atoms with Gasteiger partial charge in [-0.1, -0.05) is 91.0 Å². The molecule has 0 unspecified atom stereocenters. The van der Waals surface area contributed by atoms with Gasteiger partial charge in [0.15, 0.2) is 0 Å². The Morgan fingerprint density at radius 2 is 0.909 bits per heavy atom. The van der Waals surface area contributed by atoms with Gasteiger partial charge in [0.2, 0.25) is 0 Å². The Labute approximate surface area is 195 Å². The highest BCUT2D eigenvalue weighted by atomic mass is 14.2. The Morgan fingerprint density at radius 3 is 1.48 bits per heavy atom. The summed E-state index contributed by atoms with van der Waals surface area (Å²) in [7, 11) is 0. The van der Waals surface area contributed by atoms with E-state index in [2.05, 4.69) is 124 Å². The Hall–Kier alpha value is -3.90. The number of hydrogen-bond donors (Lipinski definition) is 0. The number of hydrogen-bond acceptors (Lipinski definition) is 0. The maximum Gasteiger partial charge on any atom is -0.00201 e. The summed E-state index contributed by atoms with van der Waals surface area (Å²) in [5, 5.41) is 7.93. The van der Waals surface area contributed by atoms with Crippen molar-refractivity contribution < 1.29 is 0 Å². The molecule has 0 amide bonds. The van der Waals surface area contributed by atoms with E-state index in [1.807, 2.05) is 0 Å². The van der Waals surface area contributed by atoms with Crippen LogP contribution in [0, 0.1) is 20.8 Å². The Kier molecular flexibility index (Phi) is 4.55. The summed E-state index contributed by atoms with van der Waals surface area (Å²) in [6.45, 7) is 6.78. The van der Waals surface area contributed by atoms with Gasteiger partial charge in [0.25, 0.3) is 0 Å². The van der Waals surface area contributed by atoms with Crippen LogP contribution in [0.2, 0.25) is 0 Å². The Morgan fingerprint density at radius 1 is 0.424 bits per heavy atom. The first-order chi connectivity index (χ1) is 16.1. The molecule has 0 bridgehead atoms. The van der Waals surface area contributed by atoms with Gasteiger partial charge in [-0.15, -0.1) is 0 Å². The van der Waals surface area contributed by atoms with E-state index >= 15 is 0 Å². The normalized spacial score (nSPS) is 11.5. The molecule has 0 heteroatoms. The summed E-state index contributed by atoms with van der Waals surface area (Å²) in [6.07, 6.45) is 0. The summed E-state index contributed by atoms with van der Waals surface area (Å²) < 4.78 is 0. The number of rotatable bonds is 2. The molecule has 0 saturated carbocycles. The van der Waals surface area contributed by atoms with Crippen LogP contribution in [-0.4, -0.2) is 0 Å². The SMILES string of the molecule is Cc1cc2c(-c3ccccc3)c(-c3ccccc3)c3cc4ccccc4cc3c2c(C)c1C. The van der Waals surface area contributed by atoms with Crippen molar-refractivity contribution in [3.63, 3.8) is 0 Å². The van der Waals surface area contributed by atoms with Gasteiger partial charge in [0, 0.05) is 0 Å². The highest BCUT2D eigenvalue weighted by Gasteiger charge is 2.20. The van der Waals surface area contributed by atoms with E-state index < -0.39 is 0 Å². The molecule has 0 heterocycles. The van der Waals surface area contributed by atoms with Crippen LogP contribution in [0.15, 0.2) is 103 Å². The van der Waals surface area contributed by atoms with Crippen LogP contribution in [0.3, 0.4) is 0 Å². The predicted octanol–water partition coefficient (Wildman–Crippen LogP) is 9.41. The molecule has 0 saturated heterocycles. The molecule has 0 atom stereocenters. The highest BCUT2D eigenvalue weighted by molar-refractivity contribution is 6.24. The molecule has 0 radical (unpaired) electrons. The zero-order valence-corrected chi connectivity index (χ0v) is 19.3. The molecule has 0 aromatic heterocycles. The third-order valence-corrected chi connectivity index (χ3v) is 7.23. The van der Waals surface area contributed by atoms with Crippen LogP contribution in [0.25, 0.3) is 54.6 Å². The van der Waals surface area contributed by atoms with E-state index in [0.717, 1.165) is 0 Å². The summed E-state index contributed by atoms with van der Waals surface area (Å²) in [5.41, 5.74) is 9.26. The van der Waals surface area contributed by atoms with Crippen molar-refractivity contribution in [2.75, 3.05) is 0 Å². The molecule has 0 fully saturated rings. The maximum atomic E-state index is 2.40. The lowest BCUT2D eigenvalue weighted by molar-refractivity contribution is 1.30. The van der Waals surface area contributed by atoms with Gasteiger partial charge >= 0.3 is 0 Å². The fourth-order valence-electron chi connectivity index (χ4n) is 5.36. The fourth-order valence-corrected chi connectivity index (χ4v) is 5.36. The van der Waals surface area contributed by atoms with Gasteiger partial charge in [-0.05, 0) is 104 Å². The minimum atomic E-state index is 1.26. The van der Waals surface area contributed by atoms with Gasteiger partial charge in [0.05, 0.1) is 0 Å². The van der Waals surface area contributed by atoms with Crippen LogP contribution >= 0.6 is 0 Å². The molecule has 6 rings (SSSR count). The second-order valence-electron chi connectivity index (χ2n) is 9.09. The lowest BCUT2D eigenvalue weighted by Crippen LogP contribution is -1.96. The van der Waals surface area contributed by atoms with E-state index in [1.165, 1.54) is 71.3 Å². The van der Waals surface area contributed by atoms with E-state index in [1.54, 1.807) is 0 Å². The molecule has 33 heavy (non-hydrogen) atoms. The van der Waals surface area contributed by atoms with E-state index in [9.17, 15) is 0 Å². The number of fused-ring (bicyclic) bond motifs is 4. The minimum absolute atomic E-state index is 1.26. The molecule has 0 aliphatic heterocycles. The van der Waals surface area contributed by atoms with E-state index in [0.29, 0.717) is 0 Å². The van der Waals surface area contributed by atoms with Crippen molar-refractivity contribution in [3.05, 3.63) is 120 Å². The average Bonchev–Trinajstić information content (AvgIpc) is 2.86. The number of aryl methyl sites for hydroxylation is 2. The van der Waals surface area contributed by atoms with Crippen molar-refractivity contribution in [3.8, 4) is 22.3 Å². The van der Waals surface area contributed by atoms with Crippen molar-refractivity contribution in [2.45, 2.75) is 20.8 Å². The smallest absolute Gasteiger partial charge is 0.00201 e. The van der Waals surface area contributed by atoms with Crippen LogP contribution in [-0.2, 0) is 0 Å². The molecule has 6 aromatic rings. The summed E-state index contributed by atoms with van der Waals surface area (Å²) in [6, 6.07) is 37.7. The third-order valence-electron chi connectivity index (χ3n) is 7.23. The second-order valence-corrected chi connectivity index (χ2v) is 9.09. The second kappa shape index (κ2) is 7.60. The topological polar surface area (TPSA) is 0 Å². The fraction of sp³-hybridized carbons (Fsp3) is 0.0909. The molecular formula is C33H26. The summed E-state index contributed by atoms with van der Waals surface area (Å²) in [4.78, 5) is 0. The van der Waals surface area contributed by atoms with E-state index in [-0.39, 0.29) is 0 Å².